The highest BCUT2D eigenvalue weighted by Crippen LogP contribution is 2.36. The third-order valence-corrected chi connectivity index (χ3v) is 3.62. The summed E-state index contributed by atoms with van der Waals surface area (Å²) in [4.78, 5) is 0. The molecule has 0 saturated heterocycles. The van der Waals surface area contributed by atoms with Crippen LogP contribution >= 0.6 is 0 Å². The largest absolute Gasteiger partial charge is 0.492 e. The predicted molar refractivity (Wildman–Crippen MR) is 84.1 cm³/mol. The van der Waals surface area contributed by atoms with Crippen molar-refractivity contribution in [2.75, 3.05) is 26.8 Å². The second-order valence-corrected chi connectivity index (χ2v) is 5.41. The topological polar surface area (TPSA) is 81.4 Å². The monoisotopic (exact) mass is 331 g/mol. The zero-order chi connectivity index (χ0) is 16.4. The standard InChI is InChI=1S/C17H17NO6/c18-11(7-19-12-1-3-14-16(5-12)23-9-21-14)8-20-13-2-4-15-17(6-13)24-10-22-15/h1-6,11H,7-10,18H2. The van der Waals surface area contributed by atoms with Crippen molar-refractivity contribution in [1.82, 2.24) is 0 Å². The molecule has 24 heavy (non-hydrogen) atoms. The smallest absolute Gasteiger partial charge is 0.231 e. The van der Waals surface area contributed by atoms with Crippen LogP contribution in [0.4, 0.5) is 0 Å². The summed E-state index contributed by atoms with van der Waals surface area (Å²) in [7, 11) is 0. The quantitative estimate of drug-likeness (QED) is 0.866. The fourth-order valence-electron chi connectivity index (χ4n) is 2.39. The molecule has 4 rings (SSSR count). The highest BCUT2D eigenvalue weighted by atomic mass is 16.7. The molecular formula is C17H17NO6. The molecule has 0 radical (unpaired) electrons. The second kappa shape index (κ2) is 6.37. The van der Waals surface area contributed by atoms with Crippen LogP contribution in [0.15, 0.2) is 36.4 Å². The molecule has 0 fully saturated rings. The van der Waals surface area contributed by atoms with Crippen LogP contribution in [0.3, 0.4) is 0 Å². The number of hydrogen-bond donors (Lipinski definition) is 1. The summed E-state index contributed by atoms with van der Waals surface area (Å²) < 4.78 is 32.5. The maximum Gasteiger partial charge on any atom is 0.231 e. The van der Waals surface area contributed by atoms with Crippen molar-refractivity contribution < 1.29 is 28.4 Å². The van der Waals surface area contributed by atoms with Crippen LogP contribution in [0.25, 0.3) is 0 Å². The molecule has 2 aliphatic heterocycles. The number of fused-ring (bicyclic) bond motifs is 2. The van der Waals surface area contributed by atoms with Gasteiger partial charge >= 0.3 is 0 Å². The van der Waals surface area contributed by atoms with E-state index in [0.29, 0.717) is 36.2 Å². The molecule has 2 aromatic rings. The molecule has 0 spiro atoms. The van der Waals surface area contributed by atoms with Gasteiger partial charge in [-0.25, -0.2) is 0 Å². The van der Waals surface area contributed by atoms with Crippen molar-refractivity contribution in [3.8, 4) is 34.5 Å². The Balaban J connectivity index is 1.27. The van der Waals surface area contributed by atoms with E-state index in [-0.39, 0.29) is 19.6 Å². The summed E-state index contributed by atoms with van der Waals surface area (Å²) in [5.74, 6) is 4.15. The Morgan fingerprint density at radius 2 is 1.21 bits per heavy atom. The normalized spacial score (nSPS) is 14.1. The van der Waals surface area contributed by atoms with Crippen LogP contribution in [0.1, 0.15) is 0 Å². The summed E-state index contributed by atoms with van der Waals surface area (Å²) in [6, 6.07) is 10.6. The minimum atomic E-state index is -0.277. The molecule has 0 amide bonds. The van der Waals surface area contributed by atoms with Gasteiger partial charge in [-0.05, 0) is 24.3 Å². The Bertz CT molecular complexity index is 674. The summed E-state index contributed by atoms with van der Waals surface area (Å²) in [5.41, 5.74) is 6.03. The van der Waals surface area contributed by atoms with Gasteiger partial charge in [0.15, 0.2) is 23.0 Å². The zero-order valence-corrected chi connectivity index (χ0v) is 12.9. The minimum absolute atomic E-state index is 0.238. The van der Waals surface area contributed by atoms with Crippen LogP contribution in [0, 0.1) is 0 Å². The number of benzene rings is 2. The van der Waals surface area contributed by atoms with Crippen LogP contribution in [0.5, 0.6) is 34.5 Å². The molecule has 0 saturated carbocycles. The average Bonchev–Trinajstić information content (AvgIpc) is 3.25. The van der Waals surface area contributed by atoms with E-state index < -0.39 is 0 Å². The lowest BCUT2D eigenvalue weighted by molar-refractivity contribution is 0.173. The van der Waals surface area contributed by atoms with Crippen molar-refractivity contribution in [3.05, 3.63) is 36.4 Å². The first-order chi connectivity index (χ1) is 11.8. The Hall–Kier alpha value is -2.80. The summed E-state index contributed by atoms with van der Waals surface area (Å²) in [6.07, 6.45) is 0. The zero-order valence-electron chi connectivity index (χ0n) is 12.9. The molecule has 0 bridgehead atoms. The van der Waals surface area contributed by atoms with E-state index in [1.165, 1.54) is 0 Å². The highest BCUT2D eigenvalue weighted by molar-refractivity contribution is 5.47. The van der Waals surface area contributed by atoms with E-state index in [0.717, 1.165) is 11.5 Å². The first-order valence-corrected chi connectivity index (χ1v) is 7.58. The van der Waals surface area contributed by atoms with Gasteiger partial charge in [-0.1, -0.05) is 0 Å². The molecular weight excluding hydrogens is 314 g/mol. The molecule has 2 heterocycles. The Kier molecular flexibility index (Phi) is 3.92. The van der Waals surface area contributed by atoms with E-state index in [1.54, 1.807) is 12.1 Å². The summed E-state index contributed by atoms with van der Waals surface area (Å²) in [5, 5.41) is 0. The number of ether oxygens (including phenoxy) is 6. The van der Waals surface area contributed by atoms with Crippen LogP contribution < -0.4 is 34.2 Å². The van der Waals surface area contributed by atoms with Crippen molar-refractivity contribution >= 4 is 0 Å². The lowest BCUT2D eigenvalue weighted by Gasteiger charge is -2.14. The van der Waals surface area contributed by atoms with Crippen molar-refractivity contribution in [1.29, 1.82) is 0 Å². The number of hydrogen-bond acceptors (Lipinski definition) is 7. The maximum atomic E-state index is 6.03. The Morgan fingerprint density at radius 1 is 0.750 bits per heavy atom. The molecule has 2 N–H and O–H groups in total. The Labute approximate surface area is 138 Å². The molecule has 0 atom stereocenters. The highest BCUT2D eigenvalue weighted by Gasteiger charge is 2.16. The molecule has 126 valence electrons. The minimum Gasteiger partial charge on any atom is -0.492 e. The van der Waals surface area contributed by atoms with Crippen molar-refractivity contribution in [2.45, 2.75) is 6.04 Å². The second-order valence-electron chi connectivity index (χ2n) is 5.41. The molecule has 2 aromatic carbocycles. The lowest BCUT2D eigenvalue weighted by atomic mass is 10.3. The van der Waals surface area contributed by atoms with Crippen LogP contribution in [-0.4, -0.2) is 32.8 Å². The van der Waals surface area contributed by atoms with Crippen LogP contribution in [0.2, 0.25) is 0 Å². The maximum absolute atomic E-state index is 6.03. The molecule has 0 aliphatic carbocycles. The molecule has 0 unspecified atom stereocenters. The van der Waals surface area contributed by atoms with Gasteiger partial charge < -0.3 is 34.2 Å². The predicted octanol–water partition coefficient (Wildman–Crippen LogP) is 1.93. The van der Waals surface area contributed by atoms with Gasteiger partial charge in [0.05, 0.1) is 6.04 Å². The van der Waals surface area contributed by atoms with E-state index >= 15 is 0 Å². The van der Waals surface area contributed by atoms with Gasteiger partial charge in [0.25, 0.3) is 0 Å². The average molecular weight is 331 g/mol. The molecule has 7 nitrogen and oxygen atoms in total. The van der Waals surface area contributed by atoms with Crippen molar-refractivity contribution in [3.63, 3.8) is 0 Å². The Morgan fingerprint density at radius 3 is 1.71 bits per heavy atom. The van der Waals surface area contributed by atoms with Crippen LogP contribution in [-0.2, 0) is 0 Å². The van der Waals surface area contributed by atoms with Gasteiger partial charge in [0.2, 0.25) is 13.6 Å². The first-order valence-electron chi connectivity index (χ1n) is 7.58. The third kappa shape index (κ3) is 3.11. The van der Waals surface area contributed by atoms with E-state index in [2.05, 4.69) is 0 Å². The van der Waals surface area contributed by atoms with Gasteiger partial charge in [-0.15, -0.1) is 0 Å². The number of nitrogens with two attached hydrogens (primary N) is 1. The fraction of sp³-hybridized carbons (Fsp3) is 0.294. The van der Waals surface area contributed by atoms with E-state index in [9.17, 15) is 0 Å². The SMILES string of the molecule is NC(COc1ccc2c(c1)OCO2)COc1ccc2c(c1)OCO2. The molecule has 2 aliphatic rings. The lowest BCUT2D eigenvalue weighted by Crippen LogP contribution is -2.34. The van der Waals surface area contributed by atoms with Crippen molar-refractivity contribution in [2.24, 2.45) is 5.73 Å². The summed E-state index contributed by atoms with van der Waals surface area (Å²) >= 11 is 0. The summed E-state index contributed by atoms with van der Waals surface area (Å²) in [6.45, 7) is 1.12. The van der Waals surface area contributed by atoms with Gasteiger partial charge in [0.1, 0.15) is 24.7 Å². The van der Waals surface area contributed by atoms with Gasteiger partial charge in [-0.2, -0.15) is 0 Å². The van der Waals surface area contributed by atoms with Gasteiger partial charge in [0, 0.05) is 12.1 Å². The number of rotatable bonds is 6. The van der Waals surface area contributed by atoms with E-state index in [1.807, 2.05) is 24.3 Å². The molecule has 0 aromatic heterocycles. The third-order valence-electron chi connectivity index (χ3n) is 3.62. The van der Waals surface area contributed by atoms with Gasteiger partial charge in [-0.3, -0.25) is 0 Å². The molecule has 7 heteroatoms. The fourth-order valence-corrected chi connectivity index (χ4v) is 2.39. The first kappa shape index (κ1) is 14.8. The van der Waals surface area contributed by atoms with E-state index in [4.69, 9.17) is 34.2 Å².